The Labute approximate surface area is 152 Å². The number of hydrogen-bond acceptors (Lipinski definition) is 4. The van der Waals surface area contributed by atoms with Crippen molar-refractivity contribution in [1.29, 1.82) is 0 Å². The summed E-state index contributed by atoms with van der Waals surface area (Å²) < 4.78 is 53.6. The van der Waals surface area contributed by atoms with Gasteiger partial charge in [-0.1, -0.05) is 0 Å². The quantitative estimate of drug-likeness (QED) is 0.846. The molecule has 1 aromatic carbocycles. The third kappa shape index (κ3) is 4.05. The molecule has 0 aromatic heterocycles. The van der Waals surface area contributed by atoms with Crippen molar-refractivity contribution in [3.05, 3.63) is 29.8 Å². The minimum atomic E-state index is -4.11. The van der Waals surface area contributed by atoms with Crippen LogP contribution in [0.2, 0.25) is 0 Å². The molecule has 144 valence electrons. The number of benzene rings is 1. The van der Waals surface area contributed by atoms with E-state index in [0.717, 1.165) is 35.9 Å². The first-order chi connectivity index (χ1) is 12.4. The number of nitrogens with zero attached hydrogens (tertiary/aromatic N) is 2. The predicted molar refractivity (Wildman–Crippen MR) is 91.9 cm³/mol. The lowest BCUT2D eigenvalue weighted by atomic mass is 9.96. The molecule has 0 aliphatic carbocycles. The zero-order valence-corrected chi connectivity index (χ0v) is 15.3. The fourth-order valence-corrected chi connectivity index (χ4v) is 5.03. The van der Waals surface area contributed by atoms with Gasteiger partial charge in [0.2, 0.25) is 15.9 Å². The van der Waals surface area contributed by atoms with E-state index in [1.165, 1.54) is 0 Å². The minimum Gasteiger partial charge on any atom is -0.341 e. The molecule has 0 unspecified atom stereocenters. The summed E-state index contributed by atoms with van der Waals surface area (Å²) >= 11 is 0. The van der Waals surface area contributed by atoms with Gasteiger partial charge in [0, 0.05) is 38.6 Å². The average molecular weight is 387 g/mol. The first-order valence-electron chi connectivity index (χ1n) is 8.84. The first kappa shape index (κ1) is 19.2. The monoisotopic (exact) mass is 387 g/mol. The molecule has 2 aliphatic rings. The summed E-state index contributed by atoms with van der Waals surface area (Å²) in [6.07, 6.45) is 1.68. The lowest BCUT2D eigenvalue weighted by molar-refractivity contribution is -0.136. The number of carbonyl (C=O) groups excluding carboxylic acids is 1. The fourth-order valence-electron chi connectivity index (χ4n) is 3.48. The van der Waals surface area contributed by atoms with Crippen molar-refractivity contribution in [1.82, 2.24) is 14.5 Å². The standard InChI is InChI=1S/C17H23F2N3O3S/c18-14-2-3-15(19)16(12-14)26(24,25)22-9-4-13(5-10-22)17(23)21-8-1-6-20-7-11-21/h2-3,12-13,20H,1,4-11H2. The zero-order valence-electron chi connectivity index (χ0n) is 14.5. The van der Waals surface area contributed by atoms with E-state index in [0.29, 0.717) is 32.0 Å². The van der Waals surface area contributed by atoms with Gasteiger partial charge in [0.05, 0.1) is 0 Å². The van der Waals surface area contributed by atoms with E-state index >= 15 is 0 Å². The molecule has 9 heteroatoms. The van der Waals surface area contributed by atoms with Crippen molar-refractivity contribution < 1.29 is 22.0 Å². The van der Waals surface area contributed by atoms with Crippen LogP contribution in [0.1, 0.15) is 19.3 Å². The van der Waals surface area contributed by atoms with Gasteiger partial charge >= 0.3 is 0 Å². The lowest BCUT2D eigenvalue weighted by Gasteiger charge is -2.33. The molecule has 1 N–H and O–H groups in total. The van der Waals surface area contributed by atoms with Crippen LogP contribution in [-0.2, 0) is 14.8 Å². The van der Waals surface area contributed by atoms with Crippen LogP contribution >= 0.6 is 0 Å². The number of hydrogen-bond donors (Lipinski definition) is 1. The van der Waals surface area contributed by atoms with Crippen molar-refractivity contribution in [2.75, 3.05) is 39.3 Å². The maximum atomic E-state index is 13.9. The molecule has 6 nitrogen and oxygen atoms in total. The highest BCUT2D eigenvalue weighted by Crippen LogP contribution is 2.27. The average Bonchev–Trinajstić information content (AvgIpc) is 2.92. The fraction of sp³-hybridized carbons (Fsp3) is 0.588. The Hall–Kier alpha value is -1.58. The molecular formula is C17H23F2N3O3S. The first-order valence-corrected chi connectivity index (χ1v) is 10.3. The normalized spacial score (nSPS) is 20.8. The van der Waals surface area contributed by atoms with Crippen LogP contribution in [0.4, 0.5) is 8.78 Å². The van der Waals surface area contributed by atoms with E-state index in [-0.39, 0.29) is 24.9 Å². The second-order valence-electron chi connectivity index (χ2n) is 6.68. The molecule has 0 atom stereocenters. The van der Waals surface area contributed by atoms with Gasteiger partial charge in [-0.05, 0) is 44.0 Å². The van der Waals surface area contributed by atoms with Crippen molar-refractivity contribution in [3.8, 4) is 0 Å². The van der Waals surface area contributed by atoms with Crippen molar-refractivity contribution in [2.45, 2.75) is 24.2 Å². The smallest absolute Gasteiger partial charge is 0.246 e. The van der Waals surface area contributed by atoms with E-state index in [2.05, 4.69) is 5.32 Å². The zero-order chi connectivity index (χ0) is 18.7. The van der Waals surface area contributed by atoms with E-state index < -0.39 is 26.6 Å². The Balaban J connectivity index is 1.66. The lowest BCUT2D eigenvalue weighted by Crippen LogP contribution is -2.45. The molecule has 1 amide bonds. The Morgan fingerprint density at radius 2 is 1.81 bits per heavy atom. The SMILES string of the molecule is O=C(C1CCN(S(=O)(=O)c2cc(F)ccc2F)CC1)N1CCCNCC1. The largest absolute Gasteiger partial charge is 0.341 e. The number of nitrogens with one attached hydrogen (secondary N) is 1. The molecular weight excluding hydrogens is 364 g/mol. The van der Waals surface area contributed by atoms with Crippen LogP contribution in [0.15, 0.2) is 23.1 Å². The van der Waals surface area contributed by atoms with Gasteiger partial charge < -0.3 is 10.2 Å². The maximum Gasteiger partial charge on any atom is 0.246 e. The highest BCUT2D eigenvalue weighted by molar-refractivity contribution is 7.89. The van der Waals surface area contributed by atoms with Crippen LogP contribution in [0.3, 0.4) is 0 Å². The number of sulfonamides is 1. The summed E-state index contributed by atoms with van der Waals surface area (Å²) in [6, 6.07) is 2.40. The van der Waals surface area contributed by atoms with Gasteiger partial charge in [-0.3, -0.25) is 4.79 Å². The van der Waals surface area contributed by atoms with Crippen molar-refractivity contribution >= 4 is 15.9 Å². The molecule has 0 bridgehead atoms. The summed E-state index contributed by atoms with van der Waals surface area (Å²) in [6.45, 7) is 3.27. The summed E-state index contributed by atoms with van der Waals surface area (Å²) in [7, 11) is -4.11. The number of rotatable bonds is 3. The minimum absolute atomic E-state index is 0.0580. The van der Waals surface area contributed by atoms with Gasteiger partial charge in [-0.2, -0.15) is 4.31 Å². The van der Waals surface area contributed by atoms with E-state index in [1.807, 2.05) is 4.90 Å². The van der Waals surface area contributed by atoms with Crippen LogP contribution in [0.25, 0.3) is 0 Å². The maximum absolute atomic E-state index is 13.9. The van der Waals surface area contributed by atoms with Crippen LogP contribution in [0, 0.1) is 17.6 Å². The third-order valence-corrected chi connectivity index (χ3v) is 6.88. The highest BCUT2D eigenvalue weighted by Gasteiger charge is 2.35. The molecule has 2 heterocycles. The van der Waals surface area contributed by atoms with Gasteiger partial charge in [-0.25, -0.2) is 17.2 Å². The van der Waals surface area contributed by atoms with Crippen molar-refractivity contribution in [3.63, 3.8) is 0 Å². The molecule has 26 heavy (non-hydrogen) atoms. The molecule has 2 fully saturated rings. The summed E-state index contributed by atoms with van der Waals surface area (Å²) in [5, 5.41) is 3.24. The van der Waals surface area contributed by atoms with E-state index in [9.17, 15) is 22.0 Å². The topological polar surface area (TPSA) is 69.7 Å². The molecule has 1 aromatic rings. The highest BCUT2D eigenvalue weighted by atomic mass is 32.2. The van der Waals surface area contributed by atoms with Crippen LogP contribution in [0.5, 0.6) is 0 Å². The molecule has 0 saturated carbocycles. The summed E-state index contributed by atoms with van der Waals surface area (Å²) in [5.74, 6) is -1.94. The van der Waals surface area contributed by atoms with Gasteiger partial charge in [0.15, 0.2) is 0 Å². The molecule has 2 saturated heterocycles. The molecule has 0 radical (unpaired) electrons. The number of amides is 1. The second kappa shape index (κ2) is 7.98. The molecule has 3 rings (SSSR count). The number of halogens is 2. The second-order valence-corrected chi connectivity index (χ2v) is 8.59. The van der Waals surface area contributed by atoms with Gasteiger partial charge in [0.25, 0.3) is 0 Å². The molecule has 2 aliphatic heterocycles. The van der Waals surface area contributed by atoms with E-state index in [1.54, 1.807) is 0 Å². The van der Waals surface area contributed by atoms with Gasteiger partial charge in [-0.15, -0.1) is 0 Å². The van der Waals surface area contributed by atoms with E-state index in [4.69, 9.17) is 0 Å². The Kier molecular flexibility index (Phi) is 5.89. The molecule has 0 spiro atoms. The summed E-state index contributed by atoms with van der Waals surface area (Å²) in [4.78, 5) is 13.8. The number of piperidine rings is 1. The van der Waals surface area contributed by atoms with Crippen molar-refractivity contribution in [2.24, 2.45) is 5.92 Å². The Morgan fingerprint density at radius 3 is 2.54 bits per heavy atom. The van der Waals surface area contributed by atoms with Crippen LogP contribution < -0.4 is 5.32 Å². The van der Waals surface area contributed by atoms with Gasteiger partial charge in [0.1, 0.15) is 16.5 Å². The number of carbonyl (C=O) groups is 1. The summed E-state index contributed by atoms with van der Waals surface area (Å²) in [5.41, 5.74) is 0. The third-order valence-electron chi connectivity index (χ3n) is 4.97. The predicted octanol–water partition coefficient (Wildman–Crippen LogP) is 1.19. The van der Waals surface area contributed by atoms with Crippen LogP contribution in [-0.4, -0.2) is 62.8 Å². The Morgan fingerprint density at radius 1 is 1.08 bits per heavy atom. The Bertz CT molecular complexity index is 757.